The van der Waals surface area contributed by atoms with Crippen LogP contribution >= 0.6 is 11.6 Å². The number of pyridine rings is 1. The summed E-state index contributed by atoms with van der Waals surface area (Å²) >= 11 is 5.98. The van der Waals surface area contributed by atoms with E-state index in [-0.39, 0.29) is 17.2 Å². The van der Waals surface area contributed by atoms with Gasteiger partial charge in [0.2, 0.25) is 5.88 Å². The van der Waals surface area contributed by atoms with Crippen molar-refractivity contribution in [1.82, 2.24) is 9.88 Å². The van der Waals surface area contributed by atoms with E-state index in [1.54, 1.807) is 30.3 Å². The summed E-state index contributed by atoms with van der Waals surface area (Å²) in [5, 5.41) is 11.8. The number of rotatable bonds is 6. The second-order valence-corrected chi connectivity index (χ2v) is 11.7. The molecule has 40 heavy (non-hydrogen) atoms. The van der Waals surface area contributed by atoms with Gasteiger partial charge >= 0.3 is 15.6 Å². The highest BCUT2D eigenvalue weighted by molar-refractivity contribution is 7.87. The quantitative estimate of drug-likeness (QED) is 0.349. The number of benzene rings is 1. The van der Waals surface area contributed by atoms with Crippen molar-refractivity contribution >= 4 is 27.3 Å². The Morgan fingerprint density at radius 1 is 1.20 bits per heavy atom. The van der Waals surface area contributed by atoms with Crippen molar-refractivity contribution in [2.24, 2.45) is 0 Å². The third-order valence-electron chi connectivity index (χ3n) is 7.11. The number of aliphatic hydroxyl groups is 1. The third kappa shape index (κ3) is 6.03. The lowest BCUT2D eigenvalue weighted by molar-refractivity contribution is -0.0552. The lowest BCUT2D eigenvalue weighted by Gasteiger charge is -2.38. The van der Waals surface area contributed by atoms with Gasteiger partial charge in [0.1, 0.15) is 11.9 Å². The molecule has 1 aromatic carbocycles. The fraction of sp³-hybridized carbons (Fsp3) is 0.321. The smallest absolute Gasteiger partial charge is 0.438 e. The van der Waals surface area contributed by atoms with E-state index in [1.165, 1.54) is 24.4 Å². The van der Waals surface area contributed by atoms with Gasteiger partial charge in [0.25, 0.3) is 0 Å². The highest BCUT2D eigenvalue weighted by Crippen LogP contribution is 2.38. The predicted molar refractivity (Wildman–Crippen MR) is 144 cm³/mol. The minimum absolute atomic E-state index is 0.130. The molecule has 0 saturated carbocycles. The molecule has 0 amide bonds. The third-order valence-corrected chi connectivity index (χ3v) is 8.39. The fourth-order valence-electron chi connectivity index (χ4n) is 4.91. The molecule has 5 rings (SSSR count). The van der Waals surface area contributed by atoms with Crippen molar-refractivity contribution in [2.45, 2.75) is 36.5 Å². The average Bonchev–Trinajstić information content (AvgIpc) is 3.07. The average molecular weight is 595 g/mol. The molecular formula is C28H26ClF3N2O5S. The molecule has 1 atom stereocenters. The zero-order valence-electron chi connectivity index (χ0n) is 21.1. The summed E-state index contributed by atoms with van der Waals surface area (Å²) in [6.45, 7) is 2.02. The fourth-order valence-corrected chi connectivity index (χ4v) is 5.59. The Morgan fingerprint density at radius 3 is 2.62 bits per heavy atom. The number of ether oxygens (including phenoxy) is 1. The van der Waals surface area contributed by atoms with E-state index < -0.39 is 27.3 Å². The first-order chi connectivity index (χ1) is 19.0. The lowest BCUT2D eigenvalue weighted by atomic mass is 9.84. The minimum atomic E-state index is -5.85. The molecule has 3 heterocycles. The van der Waals surface area contributed by atoms with Crippen LogP contribution in [0.25, 0.3) is 5.57 Å². The van der Waals surface area contributed by atoms with Gasteiger partial charge in [-0.05, 0) is 72.9 Å². The summed E-state index contributed by atoms with van der Waals surface area (Å²) in [7, 11) is -5.85. The van der Waals surface area contributed by atoms with Gasteiger partial charge in [-0.25, -0.2) is 4.98 Å². The van der Waals surface area contributed by atoms with Crippen molar-refractivity contribution < 1.29 is 35.6 Å². The number of fused-ring (bicyclic) bond motifs is 2. The number of piperidine rings is 1. The van der Waals surface area contributed by atoms with E-state index in [2.05, 4.69) is 14.1 Å². The second kappa shape index (κ2) is 11.1. The zero-order valence-corrected chi connectivity index (χ0v) is 22.7. The van der Waals surface area contributed by atoms with E-state index in [0.29, 0.717) is 55.1 Å². The Balaban J connectivity index is 1.33. The number of nitrogens with zero attached hydrogens (tertiary/aromatic N) is 2. The molecular weight excluding hydrogens is 569 g/mol. The Labute approximate surface area is 235 Å². The van der Waals surface area contributed by atoms with Crippen LogP contribution in [0.5, 0.6) is 5.88 Å². The molecule has 1 aromatic heterocycles. The first kappa shape index (κ1) is 28.6. The van der Waals surface area contributed by atoms with E-state index in [1.807, 2.05) is 18.2 Å². The van der Waals surface area contributed by atoms with Crippen LogP contribution < -0.4 is 4.74 Å². The van der Waals surface area contributed by atoms with Crippen LogP contribution in [0, 0.1) is 0 Å². The van der Waals surface area contributed by atoms with Crippen LogP contribution in [0.1, 0.15) is 30.4 Å². The molecule has 12 heteroatoms. The topological polar surface area (TPSA) is 89.0 Å². The summed E-state index contributed by atoms with van der Waals surface area (Å²) in [5.74, 6) is 0.385. The molecule has 1 N–H and O–H groups in total. The van der Waals surface area contributed by atoms with E-state index >= 15 is 0 Å². The second-order valence-electron chi connectivity index (χ2n) is 9.72. The zero-order chi connectivity index (χ0) is 28.5. The van der Waals surface area contributed by atoms with Gasteiger partial charge in [0, 0.05) is 42.0 Å². The molecule has 7 nitrogen and oxygen atoms in total. The summed E-state index contributed by atoms with van der Waals surface area (Å²) in [4.78, 5) is 6.49. The summed E-state index contributed by atoms with van der Waals surface area (Å²) in [6, 6.07) is 10.7. The molecule has 0 bridgehead atoms. The summed E-state index contributed by atoms with van der Waals surface area (Å²) in [5.41, 5.74) is -4.29. The van der Waals surface area contributed by atoms with Gasteiger partial charge in [-0.3, -0.25) is 4.18 Å². The normalized spacial score (nSPS) is 22.0. The maximum Gasteiger partial charge on any atom is 0.523 e. The van der Waals surface area contributed by atoms with Gasteiger partial charge in [-0.1, -0.05) is 35.9 Å². The van der Waals surface area contributed by atoms with Gasteiger partial charge in [0.05, 0.1) is 5.60 Å². The van der Waals surface area contributed by atoms with Gasteiger partial charge < -0.3 is 14.7 Å². The van der Waals surface area contributed by atoms with Crippen molar-refractivity contribution in [3.63, 3.8) is 0 Å². The molecule has 1 unspecified atom stereocenters. The first-order valence-corrected chi connectivity index (χ1v) is 14.4. The number of hydrogen-bond acceptors (Lipinski definition) is 7. The van der Waals surface area contributed by atoms with Crippen LogP contribution in [0.15, 0.2) is 84.3 Å². The molecule has 1 aliphatic carbocycles. The van der Waals surface area contributed by atoms with Crippen LogP contribution in [0.4, 0.5) is 13.2 Å². The summed E-state index contributed by atoms with van der Waals surface area (Å²) in [6.07, 6.45) is 9.29. The lowest BCUT2D eigenvalue weighted by Crippen LogP contribution is -2.42. The summed E-state index contributed by atoms with van der Waals surface area (Å²) < 4.78 is 73.1. The Hall–Kier alpha value is -2.96. The molecule has 0 spiro atoms. The van der Waals surface area contributed by atoms with E-state index in [0.717, 1.165) is 5.56 Å². The van der Waals surface area contributed by atoms with Gasteiger partial charge in [-0.15, -0.1) is 0 Å². The maximum absolute atomic E-state index is 13.0. The van der Waals surface area contributed by atoms with E-state index in [4.69, 9.17) is 16.3 Å². The molecule has 2 aliphatic heterocycles. The highest BCUT2D eigenvalue weighted by atomic mass is 35.5. The van der Waals surface area contributed by atoms with E-state index in [9.17, 15) is 26.7 Å². The SMILES string of the molecule is O=S(=O)(OC1C=CC=C2Oc3ncccc3C(=CCCN3CCC(O)(c4ccc(Cl)cc4)CC3)C=C21)C(F)(F)F. The maximum atomic E-state index is 13.0. The number of alkyl halides is 3. The molecule has 212 valence electrons. The molecule has 1 fully saturated rings. The van der Waals surface area contributed by atoms with Crippen molar-refractivity contribution in [2.75, 3.05) is 19.6 Å². The molecule has 3 aliphatic rings. The number of allylic oxidation sites excluding steroid dienone is 4. The number of aromatic nitrogens is 1. The highest BCUT2D eigenvalue weighted by Gasteiger charge is 2.49. The largest absolute Gasteiger partial charge is 0.523 e. The Bertz CT molecular complexity index is 1490. The van der Waals surface area contributed by atoms with Crippen molar-refractivity contribution in [1.29, 1.82) is 0 Å². The van der Waals surface area contributed by atoms with Gasteiger partial charge in [0.15, 0.2) is 0 Å². The Kier molecular flexibility index (Phi) is 7.95. The number of halogens is 4. The molecule has 1 saturated heterocycles. The number of likely N-dealkylation sites (tertiary alicyclic amines) is 1. The molecule has 2 aromatic rings. The Morgan fingerprint density at radius 2 is 1.93 bits per heavy atom. The minimum Gasteiger partial charge on any atom is -0.438 e. The van der Waals surface area contributed by atoms with Crippen LogP contribution in [-0.4, -0.2) is 54.7 Å². The van der Waals surface area contributed by atoms with Gasteiger partial charge in [-0.2, -0.15) is 21.6 Å². The molecule has 0 radical (unpaired) electrons. The van der Waals surface area contributed by atoms with Crippen molar-refractivity contribution in [3.05, 3.63) is 100 Å². The first-order valence-electron chi connectivity index (χ1n) is 12.6. The van der Waals surface area contributed by atoms with Crippen molar-refractivity contribution in [3.8, 4) is 5.88 Å². The number of hydrogen-bond donors (Lipinski definition) is 1. The standard InChI is InChI=1S/C28H26ClF3N2O5S/c29-21-10-8-20(9-11-21)27(35)12-16-34(17-13-27)15-3-4-19-18-23-24(38-26-22(19)5-2-14-33-26)6-1-7-25(23)39-40(36,37)28(30,31)32/h1-2,4-11,14,18,25,35H,3,12-13,15-17H2. The van der Waals surface area contributed by atoms with Crippen LogP contribution in [0.3, 0.4) is 0 Å². The predicted octanol–water partition coefficient (Wildman–Crippen LogP) is 5.50. The monoisotopic (exact) mass is 594 g/mol. The van der Waals surface area contributed by atoms with Crippen LogP contribution in [0.2, 0.25) is 5.02 Å². The van der Waals surface area contributed by atoms with Crippen LogP contribution in [-0.2, 0) is 19.9 Å².